The Morgan fingerprint density at radius 3 is 1.82 bits per heavy atom. The first-order chi connectivity index (χ1) is 4.92. The number of aliphatic hydroxyl groups is 1. The summed E-state index contributed by atoms with van der Waals surface area (Å²) in [6, 6.07) is 0. The molecule has 0 amide bonds. The van der Waals surface area contributed by atoms with Gasteiger partial charge in [0.25, 0.3) is 6.47 Å². The molecule has 0 aliphatic carbocycles. The summed E-state index contributed by atoms with van der Waals surface area (Å²) in [6.45, 7) is 2.37. The molecule has 0 radical (unpaired) electrons. The van der Waals surface area contributed by atoms with Crippen LogP contribution in [0.4, 0.5) is 0 Å². The van der Waals surface area contributed by atoms with Crippen LogP contribution in [0.2, 0.25) is 0 Å². The second kappa shape index (κ2) is 5.67. The molecule has 0 unspecified atom stereocenters. The standard InChI is InChI=1S/C5H10O3.CH2O2/c1-5(2,3-6)4(7)8;2-1-3/h6H,3H2,1-2H3,(H,7,8);1H,(H,2,3). The summed E-state index contributed by atoms with van der Waals surface area (Å²) in [5.41, 5.74) is -0.986. The first-order valence-electron chi connectivity index (χ1n) is 2.84. The molecular formula is C6H12O5. The van der Waals surface area contributed by atoms with Gasteiger partial charge in [-0.15, -0.1) is 0 Å². The number of carboxylic acid groups (broad SMARTS) is 2. The highest BCUT2D eigenvalue weighted by Crippen LogP contribution is 2.12. The zero-order valence-electron chi connectivity index (χ0n) is 6.44. The van der Waals surface area contributed by atoms with Gasteiger partial charge < -0.3 is 15.3 Å². The van der Waals surface area contributed by atoms with Crippen molar-refractivity contribution >= 4 is 12.4 Å². The number of rotatable bonds is 2. The first kappa shape index (κ1) is 12.6. The number of carboxylic acids is 1. The zero-order valence-corrected chi connectivity index (χ0v) is 6.44. The minimum absolute atomic E-state index is 0.250. The Balaban J connectivity index is 0. The highest BCUT2D eigenvalue weighted by Gasteiger charge is 2.25. The predicted octanol–water partition coefficient (Wildman–Crippen LogP) is -0.210. The molecule has 66 valence electrons. The zero-order chi connectivity index (χ0) is 9.49. The second-order valence-corrected chi connectivity index (χ2v) is 2.45. The van der Waals surface area contributed by atoms with E-state index >= 15 is 0 Å². The third kappa shape index (κ3) is 6.79. The summed E-state index contributed by atoms with van der Waals surface area (Å²) in [7, 11) is 0. The lowest BCUT2D eigenvalue weighted by Crippen LogP contribution is -2.27. The van der Waals surface area contributed by atoms with E-state index in [9.17, 15) is 4.79 Å². The highest BCUT2D eigenvalue weighted by atomic mass is 16.4. The van der Waals surface area contributed by atoms with Crippen molar-refractivity contribution in [3.63, 3.8) is 0 Å². The summed E-state index contributed by atoms with van der Waals surface area (Å²) in [6.07, 6.45) is 0. The molecule has 0 aliphatic rings. The Kier molecular flexibility index (Phi) is 6.47. The van der Waals surface area contributed by atoms with Crippen molar-refractivity contribution in [1.29, 1.82) is 0 Å². The lowest BCUT2D eigenvalue weighted by Gasteiger charge is -2.13. The third-order valence-electron chi connectivity index (χ3n) is 0.974. The van der Waals surface area contributed by atoms with Crippen LogP contribution in [0.3, 0.4) is 0 Å². The summed E-state index contributed by atoms with van der Waals surface area (Å²) < 4.78 is 0. The smallest absolute Gasteiger partial charge is 0.311 e. The van der Waals surface area contributed by atoms with Crippen molar-refractivity contribution in [2.24, 2.45) is 5.41 Å². The minimum Gasteiger partial charge on any atom is -0.483 e. The first-order valence-corrected chi connectivity index (χ1v) is 2.84. The van der Waals surface area contributed by atoms with Crippen molar-refractivity contribution in [3.8, 4) is 0 Å². The van der Waals surface area contributed by atoms with Crippen LogP contribution in [0.25, 0.3) is 0 Å². The van der Waals surface area contributed by atoms with Crippen molar-refractivity contribution in [2.75, 3.05) is 6.61 Å². The van der Waals surface area contributed by atoms with E-state index < -0.39 is 11.4 Å². The van der Waals surface area contributed by atoms with Gasteiger partial charge in [0.2, 0.25) is 0 Å². The molecule has 0 atom stereocenters. The minimum atomic E-state index is -0.986. The van der Waals surface area contributed by atoms with E-state index in [4.69, 9.17) is 20.1 Å². The Labute approximate surface area is 64.3 Å². The molecule has 0 bridgehead atoms. The average molecular weight is 164 g/mol. The highest BCUT2D eigenvalue weighted by molar-refractivity contribution is 5.73. The number of hydrogen-bond donors (Lipinski definition) is 3. The number of hydrogen-bond acceptors (Lipinski definition) is 3. The molecule has 0 saturated heterocycles. The molecule has 0 aliphatic heterocycles. The van der Waals surface area contributed by atoms with Gasteiger partial charge in [0.1, 0.15) is 0 Å². The molecule has 5 heteroatoms. The summed E-state index contributed by atoms with van der Waals surface area (Å²) >= 11 is 0. The molecule has 0 aromatic heterocycles. The molecule has 5 nitrogen and oxygen atoms in total. The van der Waals surface area contributed by atoms with Gasteiger partial charge in [0.15, 0.2) is 0 Å². The quantitative estimate of drug-likeness (QED) is 0.491. The van der Waals surface area contributed by atoms with Gasteiger partial charge in [-0.1, -0.05) is 0 Å². The topological polar surface area (TPSA) is 94.8 Å². The van der Waals surface area contributed by atoms with E-state index in [0.717, 1.165) is 0 Å². The van der Waals surface area contributed by atoms with Crippen molar-refractivity contribution in [3.05, 3.63) is 0 Å². The Hall–Kier alpha value is -1.10. The van der Waals surface area contributed by atoms with Crippen LogP contribution in [0.15, 0.2) is 0 Å². The molecule has 0 aromatic carbocycles. The number of carbonyl (C=O) groups is 2. The molecule has 11 heavy (non-hydrogen) atoms. The van der Waals surface area contributed by atoms with Crippen molar-refractivity contribution in [2.45, 2.75) is 13.8 Å². The molecule has 0 spiro atoms. The van der Waals surface area contributed by atoms with E-state index in [1.54, 1.807) is 0 Å². The van der Waals surface area contributed by atoms with Gasteiger partial charge >= 0.3 is 5.97 Å². The van der Waals surface area contributed by atoms with Crippen LogP contribution in [-0.2, 0) is 9.59 Å². The summed E-state index contributed by atoms with van der Waals surface area (Å²) in [5.74, 6) is -0.972. The fraction of sp³-hybridized carbons (Fsp3) is 0.667. The van der Waals surface area contributed by atoms with E-state index in [1.165, 1.54) is 13.8 Å². The molecular weight excluding hydrogens is 152 g/mol. The third-order valence-corrected chi connectivity index (χ3v) is 0.974. The molecule has 0 rings (SSSR count). The van der Waals surface area contributed by atoms with Crippen LogP contribution >= 0.6 is 0 Å². The van der Waals surface area contributed by atoms with Gasteiger partial charge in [-0.25, -0.2) is 0 Å². The number of aliphatic carboxylic acids is 1. The SMILES string of the molecule is CC(C)(CO)C(=O)O.O=CO. The maximum absolute atomic E-state index is 10.1. The fourth-order valence-corrected chi connectivity index (χ4v) is 0.0676. The monoisotopic (exact) mass is 164 g/mol. The molecule has 0 aromatic rings. The van der Waals surface area contributed by atoms with E-state index in [0.29, 0.717) is 0 Å². The molecule has 0 saturated carbocycles. The lowest BCUT2D eigenvalue weighted by atomic mass is 9.96. The molecule has 3 N–H and O–H groups in total. The molecule has 0 heterocycles. The van der Waals surface area contributed by atoms with Gasteiger partial charge in [-0.2, -0.15) is 0 Å². The van der Waals surface area contributed by atoms with Crippen molar-refractivity contribution < 1.29 is 24.9 Å². The predicted molar refractivity (Wildman–Crippen MR) is 37.2 cm³/mol. The lowest BCUT2D eigenvalue weighted by molar-refractivity contribution is -0.149. The van der Waals surface area contributed by atoms with Gasteiger partial charge in [-0.05, 0) is 13.8 Å². The van der Waals surface area contributed by atoms with Crippen LogP contribution in [0, 0.1) is 5.41 Å². The van der Waals surface area contributed by atoms with Gasteiger partial charge in [-0.3, -0.25) is 9.59 Å². The van der Waals surface area contributed by atoms with Crippen LogP contribution < -0.4 is 0 Å². The normalized spacial score (nSPS) is 9.36. The van der Waals surface area contributed by atoms with Crippen LogP contribution in [0.1, 0.15) is 13.8 Å². The molecule has 0 fully saturated rings. The van der Waals surface area contributed by atoms with E-state index in [-0.39, 0.29) is 13.1 Å². The van der Waals surface area contributed by atoms with Gasteiger partial charge in [0, 0.05) is 0 Å². The Morgan fingerprint density at radius 2 is 1.82 bits per heavy atom. The summed E-state index contributed by atoms with van der Waals surface area (Å²) in [5, 5.41) is 23.6. The number of aliphatic hydroxyl groups excluding tert-OH is 1. The summed E-state index contributed by atoms with van der Waals surface area (Å²) in [4.78, 5) is 18.5. The maximum atomic E-state index is 10.1. The second-order valence-electron chi connectivity index (χ2n) is 2.45. The fourth-order valence-electron chi connectivity index (χ4n) is 0.0676. The van der Waals surface area contributed by atoms with E-state index in [1.807, 2.05) is 0 Å². The van der Waals surface area contributed by atoms with E-state index in [2.05, 4.69) is 0 Å². The Bertz CT molecular complexity index is 129. The van der Waals surface area contributed by atoms with Gasteiger partial charge in [0.05, 0.1) is 12.0 Å². The largest absolute Gasteiger partial charge is 0.483 e. The van der Waals surface area contributed by atoms with Crippen molar-refractivity contribution in [1.82, 2.24) is 0 Å². The average Bonchev–Trinajstić information content (AvgIpc) is 1.89. The maximum Gasteiger partial charge on any atom is 0.311 e. The van der Waals surface area contributed by atoms with Crippen LogP contribution in [0.5, 0.6) is 0 Å². The Morgan fingerprint density at radius 1 is 1.55 bits per heavy atom. The van der Waals surface area contributed by atoms with Crippen LogP contribution in [-0.4, -0.2) is 34.4 Å².